The number of amides is 1. The molecule has 0 radical (unpaired) electrons. The standard InChI is InChI=1S/C21H16ClN5O4S/c22-14-5-3-13(4-6-14)10-23-17(28)12-26-21(30)27-16-7-9-32-18(16)19(29)25(20(27)24-26)11-15-2-1-8-31-15/h1-9H,10-12H2,(H,23,28). The second kappa shape index (κ2) is 8.13. The Morgan fingerprint density at radius 3 is 2.72 bits per heavy atom. The number of nitrogens with zero attached hydrogens (tertiary/aromatic N) is 4. The van der Waals surface area contributed by atoms with Gasteiger partial charge in [0, 0.05) is 11.6 Å². The number of rotatable bonds is 6. The molecule has 0 bridgehead atoms. The molecule has 0 unspecified atom stereocenters. The van der Waals surface area contributed by atoms with Crippen LogP contribution in [0.25, 0.3) is 16.0 Å². The van der Waals surface area contributed by atoms with Crippen molar-refractivity contribution in [3.05, 3.63) is 91.3 Å². The maximum Gasteiger partial charge on any atom is 0.352 e. The molecule has 0 saturated carbocycles. The van der Waals surface area contributed by atoms with Crippen molar-refractivity contribution < 1.29 is 9.21 Å². The van der Waals surface area contributed by atoms with Crippen LogP contribution >= 0.6 is 22.9 Å². The maximum atomic E-state index is 13.1. The van der Waals surface area contributed by atoms with Gasteiger partial charge in [-0.25, -0.2) is 13.9 Å². The summed E-state index contributed by atoms with van der Waals surface area (Å²) in [5, 5.41) is 9.41. The molecule has 0 aliphatic carbocycles. The molecule has 0 fully saturated rings. The number of carbonyl (C=O) groups excluding carboxylic acids is 1. The van der Waals surface area contributed by atoms with Gasteiger partial charge in [0.05, 0.1) is 18.3 Å². The number of aromatic nitrogens is 4. The van der Waals surface area contributed by atoms with E-state index in [0.29, 0.717) is 21.0 Å². The van der Waals surface area contributed by atoms with E-state index in [4.69, 9.17) is 16.0 Å². The number of thiophene rings is 1. The first-order valence-corrected chi connectivity index (χ1v) is 10.9. The van der Waals surface area contributed by atoms with E-state index >= 15 is 0 Å². The maximum absolute atomic E-state index is 13.1. The highest BCUT2D eigenvalue weighted by atomic mass is 35.5. The number of benzene rings is 1. The molecule has 5 aromatic rings. The van der Waals surface area contributed by atoms with Gasteiger partial charge in [-0.05, 0) is 41.3 Å². The highest BCUT2D eigenvalue weighted by Gasteiger charge is 2.20. The Hall–Kier alpha value is -3.63. The zero-order valence-corrected chi connectivity index (χ0v) is 18.1. The first-order valence-electron chi connectivity index (χ1n) is 9.64. The average Bonchev–Trinajstić information content (AvgIpc) is 3.52. The topological polar surface area (TPSA) is 104 Å². The van der Waals surface area contributed by atoms with Crippen LogP contribution in [0.3, 0.4) is 0 Å². The summed E-state index contributed by atoms with van der Waals surface area (Å²) in [5.74, 6) is 0.312. The van der Waals surface area contributed by atoms with Crippen LogP contribution in [0.4, 0.5) is 0 Å². The fourth-order valence-electron chi connectivity index (χ4n) is 3.43. The predicted octanol–water partition coefficient (Wildman–Crippen LogP) is 2.48. The normalized spacial score (nSPS) is 11.4. The van der Waals surface area contributed by atoms with E-state index in [0.717, 1.165) is 10.2 Å². The van der Waals surface area contributed by atoms with Crippen LogP contribution < -0.4 is 16.6 Å². The van der Waals surface area contributed by atoms with Crippen molar-refractivity contribution in [3.8, 4) is 0 Å². The molecular formula is C21H16ClN5O4S. The van der Waals surface area contributed by atoms with Gasteiger partial charge in [0.15, 0.2) is 0 Å². The number of nitrogens with one attached hydrogen (secondary N) is 1. The first kappa shape index (κ1) is 20.3. The summed E-state index contributed by atoms with van der Waals surface area (Å²) >= 11 is 7.12. The summed E-state index contributed by atoms with van der Waals surface area (Å²) in [6.07, 6.45) is 1.51. The number of carbonyl (C=O) groups is 1. The predicted molar refractivity (Wildman–Crippen MR) is 120 cm³/mol. The van der Waals surface area contributed by atoms with Crippen LogP contribution in [0.5, 0.6) is 0 Å². The van der Waals surface area contributed by atoms with Crippen LogP contribution in [-0.2, 0) is 24.4 Å². The molecule has 1 amide bonds. The Morgan fingerprint density at radius 2 is 1.97 bits per heavy atom. The van der Waals surface area contributed by atoms with Gasteiger partial charge in [0.1, 0.15) is 17.0 Å². The molecule has 5 rings (SSSR count). The van der Waals surface area contributed by atoms with Crippen LogP contribution in [-0.4, -0.2) is 24.7 Å². The number of furan rings is 1. The Morgan fingerprint density at radius 1 is 1.16 bits per heavy atom. The van der Waals surface area contributed by atoms with E-state index in [9.17, 15) is 14.4 Å². The van der Waals surface area contributed by atoms with Gasteiger partial charge in [-0.15, -0.1) is 16.4 Å². The third-order valence-corrected chi connectivity index (χ3v) is 6.12. The molecule has 4 heterocycles. The highest BCUT2D eigenvalue weighted by Crippen LogP contribution is 2.18. The lowest BCUT2D eigenvalue weighted by Gasteiger charge is -2.05. The molecule has 32 heavy (non-hydrogen) atoms. The van der Waals surface area contributed by atoms with Crippen molar-refractivity contribution in [1.29, 1.82) is 0 Å². The van der Waals surface area contributed by atoms with Gasteiger partial charge in [0.2, 0.25) is 11.7 Å². The molecule has 9 nitrogen and oxygen atoms in total. The lowest BCUT2D eigenvalue weighted by molar-refractivity contribution is -0.122. The highest BCUT2D eigenvalue weighted by molar-refractivity contribution is 7.17. The first-order chi connectivity index (χ1) is 15.5. The summed E-state index contributed by atoms with van der Waals surface area (Å²) in [5.41, 5.74) is 0.558. The van der Waals surface area contributed by atoms with E-state index < -0.39 is 5.69 Å². The van der Waals surface area contributed by atoms with Crippen molar-refractivity contribution in [1.82, 2.24) is 24.1 Å². The monoisotopic (exact) mass is 469 g/mol. The van der Waals surface area contributed by atoms with E-state index in [1.807, 2.05) is 0 Å². The van der Waals surface area contributed by atoms with Crippen molar-refractivity contribution in [3.63, 3.8) is 0 Å². The number of hydrogen-bond donors (Lipinski definition) is 1. The molecule has 1 N–H and O–H groups in total. The van der Waals surface area contributed by atoms with Crippen molar-refractivity contribution >= 4 is 44.8 Å². The Bertz CT molecular complexity index is 1540. The van der Waals surface area contributed by atoms with Gasteiger partial charge < -0.3 is 9.73 Å². The van der Waals surface area contributed by atoms with E-state index in [2.05, 4.69) is 10.4 Å². The zero-order chi connectivity index (χ0) is 22.2. The zero-order valence-electron chi connectivity index (χ0n) is 16.5. The number of fused-ring (bicyclic) bond motifs is 3. The van der Waals surface area contributed by atoms with Crippen LogP contribution in [0, 0.1) is 0 Å². The molecule has 162 valence electrons. The Labute approximate surface area is 189 Å². The second-order valence-electron chi connectivity index (χ2n) is 7.08. The lowest BCUT2D eigenvalue weighted by atomic mass is 10.2. The van der Waals surface area contributed by atoms with Crippen LogP contribution in [0.1, 0.15) is 11.3 Å². The third-order valence-electron chi connectivity index (χ3n) is 4.98. The Kier molecular flexibility index (Phi) is 5.16. The minimum atomic E-state index is -0.502. The third kappa shape index (κ3) is 3.63. The summed E-state index contributed by atoms with van der Waals surface area (Å²) in [4.78, 5) is 38.6. The van der Waals surface area contributed by atoms with Gasteiger partial charge in [-0.1, -0.05) is 23.7 Å². The minimum Gasteiger partial charge on any atom is -0.467 e. The van der Waals surface area contributed by atoms with Crippen molar-refractivity contribution in [2.45, 2.75) is 19.6 Å². The lowest BCUT2D eigenvalue weighted by Crippen LogP contribution is -2.32. The molecule has 0 atom stereocenters. The Balaban J connectivity index is 1.49. The van der Waals surface area contributed by atoms with E-state index in [-0.39, 0.29) is 36.9 Å². The van der Waals surface area contributed by atoms with Gasteiger partial charge >= 0.3 is 5.69 Å². The molecule has 11 heteroatoms. The summed E-state index contributed by atoms with van der Waals surface area (Å²) in [6, 6.07) is 12.2. The molecular weight excluding hydrogens is 454 g/mol. The molecule has 0 spiro atoms. The average molecular weight is 470 g/mol. The van der Waals surface area contributed by atoms with Crippen LogP contribution in [0.2, 0.25) is 5.02 Å². The summed E-state index contributed by atoms with van der Waals surface area (Å²) < 4.78 is 9.58. The van der Waals surface area contributed by atoms with Crippen molar-refractivity contribution in [2.75, 3.05) is 0 Å². The van der Waals surface area contributed by atoms with E-state index in [1.165, 1.54) is 26.6 Å². The minimum absolute atomic E-state index is 0.113. The number of hydrogen-bond acceptors (Lipinski definition) is 6. The van der Waals surface area contributed by atoms with Crippen LogP contribution in [0.15, 0.2) is 68.1 Å². The van der Waals surface area contributed by atoms with Gasteiger partial charge in [0.25, 0.3) is 5.56 Å². The quantitative estimate of drug-likeness (QED) is 0.411. The number of halogens is 1. The molecule has 0 saturated heterocycles. The largest absolute Gasteiger partial charge is 0.467 e. The molecule has 0 aliphatic rings. The molecule has 4 aromatic heterocycles. The fourth-order valence-corrected chi connectivity index (χ4v) is 4.38. The van der Waals surface area contributed by atoms with Gasteiger partial charge in [-0.3, -0.25) is 14.2 Å². The molecule has 1 aromatic carbocycles. The summed E-state index contributed by atoms with van der Waals surface area (Å²) in [7, 11) is 0. The smallest absolute Gasteiger partial charge is 0.352 e. The fraction of sp³-hybridized carbons (Fsp3) is 0.143. The van der Waals surface area contributed by atoms with Gasteiger partial charge in [-0.2, -0.15) is 0 Å². The second-order valence-corrected chi connectivity index (χ2v) is 8.44. The summed E-state index contributed by atoms with van der Waals surface area (Å²) in [6.45, 7) is 0.118. The van der Waals surface area contributed by atoms with E-state index in [1.54, 1.807) is 47.8 Å². The SMILES string of the molecule is O=C(Cn1nc2n(Cc3ccco3)c(=O)c3sccc3n2c1=O)NCc1ccc(Cl)cc1. The molecule has 0 aliphatic heterocycles. The van der Waals surface area contributed by atoms with Crippen molar-refractivity contribution in [2.24, 2.45) is 0 Å².